The van der Waals surface area contributed by atoms with Gasteiger partial charge in [-0.2, -0.15) is 0 Å². The Morgan fingerprint density at radius 1 is 0.960 bits per heavy atom. The Bertz CT molecular complexity index is 890. The van der Waals surface area contributed by atoms with Crippen molar-refractivity contribution in [2.45, 2.75) is 0 Å². The van der Waals surface area contributed by atoms with E-state index in [0.717, 1.165) is 5.69 Å². The Hall–Kier alpha value is -2.44. The third kappa shape index (κ3) is 3.65. The maximum Gasteiger partial charge on any atom is 0.204 e. The number of benzene rings is 2. The van der Waals surface area contributed by atoms with Gasteiger partial charge in [0.1, 0.15) is 12.1 Å². The van der Waals surface area contributed by atoms with Gasteiger partial charge in [0.05, 0.1) is 32.2 Å². The molecule has 1 aromatic heterocycles. The molecule has 0 aliphatic heterocycles. The first-order valence-electron chi connectivity index (χ1n) is 7.14. The lowest BCUT2D eigenvalue weighted by molar-refractivity contribution is 0.327. The van der Waals surface area contributed by atoms with Gasteiger partial charge in [0.25, 0.3) is 0 Å². The lowest BCUT2D eigenvalue weighted by Gasteiger charge is -2.16. The van der Waals surface area contributed by atoms with E-state index in [2.05, 4.69) is 15.3 Å². The van der Waals surface area contributed by atoms with Gasteiger partial charge in [-0.1, -0.05) is 17.7 Å². The summed E-state index contributed by atoms with van der Waals surface area (Å²) < 4.78 is 16.3. The highest BCUT2D eigenvalue weighted by Gasteiger charge is 2.20. The third-order valence-corrected chi connectivity index (χ3v) is 3.75. The molecule has 0 spiro atoms. The summed E-state index contributed by atoms with van der Waals surface area (Å²) in [5, 5.41) is 4.56. The number of fused-ring (bicyclic) bond motifs is 1. The second-order valence-electron chi connectivity index (χ2n) is 4.90. The van der Waals surface area contributed by atoms with Crippen LogP contribution >= 0.6 is 24.0 Å². The molecule has 0 saturated heterocycles. The smallest absolute Gasteiger partial charge is 0.204 e. The summed E-state index contributed by atoms with van der Waals surface area (Å²) in [6.07, 6.45) is 1.47. The largest absolute Gasteiger partial charge is 0.493 e. The molecule has 3 rings (SSSR count). The molecule has 6 nitrogen and oxygen atoms in total. The minimum absolute atomic E-state index is 0. The van der Waals surface area contributed by atoms with Crippen LogP contribution in [0, 0.1) is 0 Å². The fourth-order valence-corrected chi connectivity index (χ4v) is 2.68. The van der Waals surface area contributed by atoms with Crippen molar-refractivity contribution in [2.75, 3.05) is 26.6 Å². The summed E-state index contributed by atoms with van der Waals surface area (Å²) in [6, 6.07) is 9.14. The van der Waals surface area contributed by atoms with E-state index in [-0.39, 0.29) is 12.4 Å². The van der Waals surface area contributed by atoms with Gasteiger partial charge in [-0.3, -0.25) is 0 Å². The third-order valence-electron chi connectivity index (χ3n) is 3.52. The normalized spacial score (nSPS) is 10.1. The topological polar surface area (TPSA) is 65.5 Å². The van der Waals surface area contributed by atoms with Crippen molar-refractivity contribution in [3.05, 3.63) is 41.7 Å². The molecule has 0 aliphatic rings. The van der Waals surface area contributed by atoms with Crippen LogP contribution < -0.4 is 19.5 Å². The second kappa shape index (κ2) is 8.09. The van der Waals surface area contributed by atoms with E-state index in [9.17, 15) is 0 Å². The SMILES string of the molecule is COc1cc2ncnc(Nc3cccc(Cl)c3)c2c(OC)c1OC.Cl. The van der Waals surface area contributed by atoms with Crippen molar-refractivity contribution in [1.82, 2.24) is 9.97 Å². The van der Waals surface area contributed by atoms with Gasteiger partial charge in [0.2, 0.25) is 5.75 Å². The van der Waals surface area contributed by atoms with Crippen LogP contribution in [0.4, 0.5) is 11.5 Å². The minimum atomic E-state index is 0. The summed E-state index contributed by atoms with van der Waals surface area (Å²) >= 11 is 6.04. The molecule has 0 atom stereocenters. The lowest BCUT2D eigenvalue weighted by Crippen LogP contribution is -2.01. The number of aromatic nitrogens is 2. The zero-order valence-electron chi connectivity index (χ0n) is 13.9. The molecule has 8 heteroatoms. The van der Waals surface area contributed by atoms with Gasteiger partial charge in [-0.15, -0.1) is 12.4 Å². The monoisotopic (exact) mass is 381 g/mol. The fraction of sp³-hybridized carbons (Fsp3) is 0.176. The molecule has 0 amide bonds. The molecule has 25 heavy (non-hydrogen) atoms. The van der Waals surface area contributed by atoms with E-state index in [1.165, 1.54) is 6.33 Å². The molecule has 132 valence electrons. The summed E-state index contributed by atoms with van der Waals surface area (Å²) in [4.78, 5) is 8.63. The van der Waals surface area contributed by atoms with Gasteiger partial charge in [-0.25, -0.2) is 9.97 Å². The fourth-order valence-electron chi connectivity index (χ4n) is 2.49. The van der Waals surface area contributed by atoms with Gasteiger partial charge < -0.3 is 19.5 Å². The number of ether oxygens (including phenoxy) is 3. The zero-order chi connectivity index (χ0) is 17.1. The van der Waals surface area contributed by atoms with E-state index in [1.807, 2.05) is 18.2 Å². The average Bonchev–Trinajstić information content (AvgIpc) is 2.60. The molecule has 0 fully saturated rings. The van der Waals surface area contributed by atoms with Gasteiger partial charge >= 0.3 is 0 Å². The van der Waals surface area contributed by atoms with Crippen LogP contribution in [-0.2, 0) is 0 Å². The molecule has 1 N–H and O–H groups in total. The highest BCUT2D eigenvalue weighted by molar-refractivity contribution is 6.30. The summed E-state index contributed by atoms with van der Waals surface area (Å²) in [5.41, 5.74) is 1.48. The van der Waals surface area contributed by atoms with Gasteiger partial charge in [-0.05, 0) is 18.2 Å². The lowest BCUT2D eigenvalue weighted by atomic mass is 10.1. The van der Waals surface area contributed by atoms with Crippen molar-refractivity contribution >= 4 is 46.4 Å². The summed E-state index contributed by atoms with van der Waals surface area (Å²) in [5.74, 6) is 2.10. The maximum absolute atomic E-state index is 6.04. The number of nitrogens with zero attached hydrogens (tertiary/aromatic N) is 2. The summed E-state index contributed by atoms with van der Waals surface area (Å²) in [6.45, 7) is 0. The van der Waals surface area contributed by atoms with Crippen LogP contribution in [0.15, 0.2) is 36.7 Å². The molecule has 0 aliphatic carbocycles. The number of nitrogens with one attached hydrogen (secondary N) is 1. The van der Waals surface area contributed by atoms with Crippen LogP contribution in [-0.4, -0.2) is 31.3 Å². The van der Waals surface area contributed by atoms with Crippen molar-refractivity contribution in [1.29, 1.82) is 0 Å². The van der Waals surface area contributed by atoms with E-state index in [1.54, 1.807) is 33.5 Å². The molecule has 2 aromatic carbocycles. The van der Waals surface area contributed by atoms with Crippen molar-refractivity contribution in [3.8, 4) is 17.2 Å². The summed E-state index contributed by atoms with van der Waals surface area (Å²) in [7, 11) is 4.68. The molecule has 0 radical (unpaired) electrons. The van der Waals surface area contributed by atoms with Crippen LogP contribution in [0.25, 0.3) is 10.9 Å². The van der Waals surface area contributed by atoms with Crippen LogP contribution in [0.3, 0.4) is 0 Å². The maximum atomic E-state index is 6.04. The molecule has 0 bridgehead atoms. The Morgan fingerprint density at radius 3 is 2.36 bits per heavy atom. The predicted molar refractivity (Wildman–Crippen MR) is 101 cm³/mol. The van der Waals surface area contributed by atoms with Crippen molar-refractivity contribution < 1.29 is 14.2 Å². The second-order valence-corrected chi connectivity index (χ2v) is 5.33. The highest BCUT2D eigenvalue weighted by atomic mass is 35.5. The van der Waals surface area contributed by atoms with Crippen LogP contribution in [0.5, 0.6) is 17.2 Å². The van der Waals surface area contributed by atoms with Crippen molar-refractivity contribution in [3.63, 3.8) is 0 Å². The highest BCUT2D eigenvalue weighted by Crippen LogP contribution is 2.45. The Labute approximate surface area is 156 Å². The molecule has 3 aromatic rings. The average molecular weight is 382 g/mol. The standard InChI is InChI=1S/C17H16ClN3O3.ClH/c1-22-13-8-12-14(16(24-3)15(13)23-2)17(20-9-19-12)21-11-6-4-5-10(18)7-11;/h4-9H,1-3H3,(H,19,20,21);1H. The van der Waals surface area contributed by atoms with Crippen molar-refractivity contribution in [2.24, 2.45) is 0 Å². The molecule has 0 unspecified atom stereocenters. The quantitative estimate of drug-likeness (QED) is 0.702. The first-order valence-corrected chi connectivity index (χ1v) is 7.52. The van der Waals surface area contributed by atoms with Gasteiger partial charge in [0, 0.05) is 16.8 Å². The molecular weight excluding hydrogens is 365 g/mol. The van der Waals surface area contributed by atoms with Gasteiger partial charge in [0.15, 0.2) is 11.5 Å². The van der Waals surface area contributed by atoms with E-state index in [4.69, 9.17) is 25.8 Å². The first-order chi connectivity index (χ1) is 11.7. The first kappa shape index (κ1) is 18.9. The Kier molecular flexibility index (Phi) is 6.12. The van der Waals surface area contributed by atoms with E-state index < -0.39 is 0 Å². The molecule has 0 saturated carbocycles. The molecule has 1 heterocycles. The number of anilines is 2. The number of methoxy groups -OCH3 is 3. The van der Waals surface area contributed by atoms with E-state index in [0.29, 0.717) is 39.0 Å². The minimum Gasteiger partial charge on any atom is -0.493 e. The Morgan fingerprint density at radius 2 is 1.72 bits per heavy atom. The Balaban J connectivity index is 0.00000225. The van der Waals surface area contributed by atoms with E-state index >= 15 is 0 Å². The molecular formula is C17H17Cl2N3O3. The number of rotatable bonds is 5. The zero-order valence-corrected chi connectivity index (χ0v) is 15.4. The van der Waals surface area contributed by atoms with Crippen LogP contribution in [0.2, 0.25) is 5.02 Å². The number of hydrogen-bond acceptors (Lipinski definition) is 6. The number of hydrogen-bond donors (Lipinski definition) is 1. The predicted octanol–water partition coefficient (Wildman–Crippen LogP) is 4.47. The van der Waals surface area contributed by atoms with Crippen LogP contribution in [0.1, 0.15) is 0 Å². The number of halogens is 2.